The summed E-state index contributed by atoms with van der Waals surface area (Å²) in [7, 11) is 0. The average molecular weight is 154 g/mol. The summed E-state index contributed by atoms with van der Waals surface area (Å²) in [4.78, 5) is 10.9. The minimum Gasteiger partial charge on any atom is -0.462 e. The van der Waals surface area contributed by atoms with Crippen LogP contribution in [0.4, 0.5) is 0 Å². The van der Waals surface area contributed by atoms with E-state index >= 15 is 0 Å². The fourth-order valence-corrected chi connectivity index (χ4v) is 2.02. The van der Waals surface area contributed by atoms with Gasteiger partial charge in [-0.25, -0.2) is 0 Å². The Morgan fingerprint density at radius 3 is 2.55 bits per heavy atom. The molecule has 2 rings (SSSR count). The highest BCUT2D eigenvalue weighted by molar-refractivity contribution is 5.69. The summed E-state index contributed by atoms with van der Waals surface area (Å²) in [5, 5.41) is 0. The number of fused-ring (bicyclic) bond motifs is 1. The lowest BCUT2D eigenvalue weighted by atomic mass is 10.2. The second-order valence-corrected chi connectivity index (χ2v) is 3.69. The molecule has 2 aliphatic carbocycles. The Morgan fingerprint density at radius 2 is 2.00 bits per heavy atom. The van der Waals surface area contributed by atoms with E-state index in [0.717, 1.165) is 24.7 Å². The normalized spacial score (nSPS) is 39.9. The predicted octanol–water partition coefficient (Wildman–Crippen LogP) is 1.74. The minimum absolute atomic E-state index is 0.0312. The van der Waals surface area contributed by atoms with Crippen LogP contribution in [0.2, 0.25) is 0 Å². The lowest BCUT2D eigenvalue weighted by molar-refractivity contribution is -0.148. The van der Waals surface area contributed by atoms with Gasteiger partial charge in [0.1, 0.15) is 6.10 Å². The molecule has 0 aromatic rings. The molecule has 62 valence electrons. The summed E-state index contributed by atoms with van der Waals surface area (Å²) in [5.41, 5.74) is 0. The molecule has 0 heterocycles. The van der Waals surface area contributed by atoms with Crippen molar-refractivity contribution in [2.75, 3.05) is 0 Å². The molecule has 0 aliphatic heterocycles. The van der Waals surface area contributed by atoms with Gasteiger partial charge in [-0.05, 0) is 31.1 Å². The Hall–Kier alpha value is -0.530. The van der Waals surface area contributed by atoms with Crippen molar-refractivity contribution in [2.45, 2.75) is 38.7 Å². The molecular formula is C9H14O2. The van der Waals surface area contributed by atoms with Crippen molar-refractivity contribution < 1.29 is 9.53 Å². The van der Waals surface area contributed by atoms with Crippen LogP contribution in [-0.2, 0) is 9.53 Å². The van der Waals surface area contributed by atoms with Crippen LogP contribution in [-0.4, -0.2) is 12.1 Å². The Bertz CT molecular complexity index is 166. The van der Waals surface area contributed by atoms with E-state index in [1.807, 2.05) is 6.92 Å². The largest absolute Gasteiger partial charge is 0.462 e. The summed E-state index contributed by atoms with van der Waals surface area (Å²) in [6.45, 7) is 1.85. The molecule has 0 bridgehead atoms. The number of hydrogen-bond donors (Lipinski definition) is 0. The number of carbonyl (C=O) groups is 1. The molecule has 2 nitrogen and oxygen atoms in total. The SMILES string of the molecule is CCC(=O)OC1CC2CC2C1. The molecule has 2 heteroatoms. The zero-order valence-corrected chi connectivity index (χ0v) is 6.88. The van der Waals surface area contributed by atoms with Crippen molar-refractivity contribution in [3.8, 4) is 0 Å². The van der Waals surface area contributed by atoms with Crippen LogP contribution in [0.1, 0.15) is 32.6 Å². The lowest BCUT2D eigenvalue weighted by Gasteiger charge is -2.11. The van der Waals surface area contributed by atoms with Crippen LogP contribution in [0.25, 0.3) is 0 Å². The summed E-state index contributed by atoms with van der Waals surface area (Å²) in [6.07, 6.45) is 4.45. The van der Waals surface area contributed by atoms with Crippen molar-refractivity contribution in [2.24, 2.45) is 11.8 Å². The van der Waals surface area contributed by atoms with Crippen molar-refractivity contribution in [3.63, 3.8) is 0 Å². The molecule has 0 N–H and O–H groups in total. The van der Waals surface area contributed by atoms with Crippen LogP contribution in [0.15, 0.2) is 0 Å². The maximum Gasteiger partial charge on any atom is 0.305 e. The molecule has 2 unspecified atom stereocenters. The van der Waals surface area contributed by atoms with Crippen LogP contribution in [0, 0.1) is 11.8 Å². The molecule has 0 saturated heterocycles. The topological polar surface area (TPSA) is 26.3 Å². The van der Waals surface area contributed by atoms with Crippen LogP contribution in [0.3, 0.4) is 0 Å². The summed E-state index contributed by atoms with van der Waals surface area (Å²) >= 11 is 0. The second-order valence-electron chi connectivity index (χ2n) is 3.69. The van der Waals surface area contributed by atoms with E-state index in [2.05, 4.69) is 0 Å². The number of carbonyl (C=O) groups excluding carboxylic acids is 1. The van der Waals surface area contributed by atoms with E-state index in [1.54, 1.807) is 0 Å². The van der Waals surface area contributed by atoms with E-state index < -0.39 is 0 Å². The minimum atomic E-state index is -0.0312. The Balaban J connectivity index is 1.75. The first kappa shape index (κ1) is 7.14. The summed E-state index contributed by atoms with van der Waals surface area (Å²) in [6, 6.07) is 0. The van der Waals surface area contributed by atoms with Gasteiger partial charge in [0.25, 0.3) is 0 Å². The average Bonchev–Trinajstić information content (AvgIpc) is 2.60. The van der Waals surface area contributed by atoms with Crippen molar-refractivity contribution in [3.05, 3.63) is 0 Å². The lowest BCUT2D eigenvalue weighted by Crippen LogP contribution is -2.15. The molecule has 2 fully saturated rings. The highest BCUT2D eigenvalue weighted by Crippen LogP contribution is 2.52. The fraction of sp³-hybridized carbons (Fsp3) is 0.889. The van der Waals surface area contributed by atoms with Gasteiger partial charge in [-0.1, -0.05) is 6.92 Å². The third kappa shape index (κ3) is 1.39. The van der Waals surface area contributed by atoms with Gasteiger partial charge in [0, 0.05) is 6.42 Å². The highest BCUT2D eigenvalue weighted by Gasteiger charge is 2.47. The Kier molecular flexibility index (Phi) is 1.63. The number of hydrogen-bond acceptors (Lipinski definition) is 2. The van der Waals surface area contributed by atoms with Crippen LogP contribution >= 0.6 is 0 Å². The molecule has 0 aromatic heterocycles. The molecule has 0 amide bonds. The van der Waals surface area contributed by atoms with Gasteiger partial charge >= 0.3 is 5.97 Å². The zero-order chi connectivity index (χ0) is 7.84. The molecular weight excluding hydrogens is 140 g/mol. The highest BCUT2D eigenvalue weighted by atomic mass is 16.5. The van der Waals surface area contributed by atoms with Gasteiger partial charge in [-0.3, -0.25) is 4.79 Å². The van der Waals surface area contributed by atoms with Crippen LogP contribution < -0.4 is 0 Å². The smallest absolute Gasteiger partial charge is 0.305 e. The molecule has 2 atom stereocenters. The van der Waals surface area contributed by atoms with Gasteiger partial charge in [0.15, 0.2) is 0 Å². The Morgan fingerprint density at radius 1 is 1.36 bits per heavy atom. The maximum absolute atomic E-state index is 10.9. The van der Waals surface area contributed by atoms with Gasteiger partial charge < -0.3 is 4.74 Å². The standard InChI is InChI=1S/C9H14O2/c1-2-9(10)11-8-4-6-3-7(6)5-8/h6-8H,2-5H2,1H3. The molecule has 2 saturated carbocycles. The van der Waals surface area contributed by atoms with Crippen molar-refractivity contribution in [1.29, 1.82) is 0 Å². The Labute approximate surface area is 66.9 Å². The predicted molar refractivity (Wildman–Crippen MR) is 41.0 cm³/mol. The van der Waals surface area contributed by atoms with Gasteiger partial charge in [-0.15, -0.1) is 0 Å². The van der Waals surface area contributed by atoms with E-state index in [1.165, 1.54) is 6.42 Å². The quantitative estimate of drug-likeness (QED) is 0.566. The zero-order valence-electron chi connectivity index (χ0n) is 6.88. The molecule has 2 aliphatic rings. The van der Waals surface area contributed by atoms with Gasteiger partial charge in [-0.2, -0.15) is 0 Å². The van der Waals surface area contributed by atoms with E-state index in [-0.39, 0.29) is 12.1 Å². The molecule has 0 radical (unpaired) electrons. The van der Waals surface area contributed by atoms with Gasteiger partial charge in [0.2, 0.25) is 0 Å². The third-order valence-electron chi connectivity index (χ3n) is 2.79. The maximum atomic E-state index is 10.9. The second kappa shape index (κ2) is 2.50. The van der Waals surface area contributed by atoms with E-state index in [4.69, 9.17) is 4.74 Å². The number of esters is 1. The van der Waals surface area contributed by atoms with Crippen molar-refractivity contribution >= 4 is 5.97 Å². The fourth-order valence-electron chi connectivity index (χ4n) is 2.02. The first-order valence-corrected chi connectivity index (χ1v) is 4.49. The van der Waals surface area contributed by atoms with Crippen LogP contribution in [0.5, 0.6) is 0 Å². The van der Waals surface area contributed by atoms with E-state index in [0.29, 0.717) is 6.42 Å². The third-order valence-corrected chi connectivity index (χ3v) is 2.79. The molecule has 0 spiro atoms. The molecule has 0 aromatic carbocycles. The monoisotopic (exact) mass is 154 g/mol. The first-order valence-electron chi connectivity index (χ1n) is 4.49. The number of rotatable bonds is 2. The molecule has 11 heavy (non-hydrogen) atoms. The first-order chi connectivity index (χ1) is 5.29. The van der Waals surface area contributed by atoms with Crippen molar-refractivity contribution in [1.82, 2.24) is 0 Å². The summed E-state index contributed by atoms with van der Waals surface area (Å²) < 4.78 is 5.22. The van der Waals surface area contributed by atoms with Gasteiger partial charge in [0.05, 0.1) is 0 Å². The number of ether oxygens (including phenoxy) is 1. The van der Waals surface area contributed by atoms with E-state index in [9.17, 15) is 4.79 Å². The summed E-state index contributed by atoms with van der Waals surface area (Å²) in [5.74, 6) is 1.78.